The van der Waals surface area contributed by atoms with Crippen LogP contribution < -0.4 is 5.73 Å². The zero-order chi connectivity index (χ0) is 14.1. The van der Waals surface area contributed by atoms with Crippen LogP contribution in [-0.4, -0.2) is 32.3 Å². The summed E-state index contributed by atoms with van der Waals surface area (Å²) in [6.45, 7) is 2.02. The standard InChI is InChI=1S/C12H11N5O2S/c1-2-19-12(18)8-5-16-17(9(8)13)10-7-3-4-20-11(7)15-6-14-10/h3-6H,2,13H2,1H3. The number of nitrogens with zero attached hydrogens (tertiary/aromatic N) is 4. The number of hydrogen-bond acceptors (Lipinski definition) is 7. The molecule has 7 nitrogen and oxygen atoms in total. The minimum atomic E-state index is -0.494. The van der Waals surface area contributed by atoms with E-state index in [0.717, 1.165) is 10.2 Å². The number of rotatable bonds is 3. The molecule has 0 amide bonds. The van der Waals surface area contributed by atoms with Gasteiger partial charge in [-0.3, -0.25) is 0 Å². The first-order chi connectivity index (χ1) is 9.72. The highest BCUT2D eigenvalue weighted by Crippen LogP contribution is 2.25. The van der Waals surface area contributed by atoms with Gasteiger partial charge in [-0.2, -0.15) is 9.78 Å². The van der Waals surface area contributed by atoms with Crippen molar-refractivity contribution in [1.82, 2.24) is 19.7 Å². The summed E-state index contributed by atoms with van der Waals surface area (Å²) in [5.74, 6) is 0.255. The largest absolute Gasteiger partial charge is 0.462 e. The van der Waals surface area contributed by atoms with Crippen molar-refractivity contribution in [1.29, 1.82) is 0 Å². The second-order valence-electron chi connectivity index (χ2n) is 3.91. The summed E-state index contributed by atoms with van der Waals surface area (Å²) >= 11 is 1.50. The van der Waals surface area contributed by atoms with Gasteiger partial charge in [-0.1, -0.05) is 0 Å². The number of carbonyl (C=O) groups excluding carboxylic acids is 1. The molecule has 3 heterocycles. The lowest BCUT2D eigenvalue weighted by atomic mass is 10.3. The van der Waals surface area contributed by atoms with Crippen LogP contribution in [0.5, 0.6) is 0 Å². The molecule has 0 atom stereocenters. The molecule has 20 heavy (non-hydrogen) atoms. The van der Waals surface area contributed by atoms with Crippen molar-refractivity contribution in [3.63, 3.8) is 0 Å². The van der Waals surface area contributed by atoms with Gasteiger partial charge in [-0.15, -0.1) is 11.3 Å². The van der Waals surface area contributed by atoms with E-state index in [2.05, 4.69) is 15.1 Å². The van der Waals surface area contributed by atoms with Crippen LogP contribution >= 0.6 is 11.3 Å². The van der Waals surface area contributed by atoms with Gasteiger partial charge >= 0.3 is 5.97 Å². The molecule has 0 fully saturated rings. The van der Waals surface area contributed by atoms with Gasteiger partial charge in [-0.05, 0) is 18.4 Å². The predicted octanol–water partition coefficient (Wildman–Crippen LogP) is 1.64. The zero-order valence-electron chi connectivity index (χ0n) is 10.6. The van der Waals surface area contributed by atoms with Crippen molar-refractivity contribution < 1.29 is 9.53 Å². The van der Waals surface area contributed by atoms with Gasteiger partial charge in [0.2, 0.25) is 0 Å². The Morgan fingerprint density at radius 2 is 2.35 bits per heavy atom. The highest BCUT2D eigenvalue weighted by molar-refractivity contribution is 7.16. The third-order valence-electron chi connectivity index (χ3n) is 2.74. The lowest BCUT2D eigenvalue weighted by Crippen LogP contribution is -2.09. The fraction of sp³-hybridized carbons (Fsp3) is 0.167. The number of ether oxygens (including phenoxy) is 1. The summed E-state index contributed by atoms with van der Waals surface area (Å²) in [7, 11) is 0. The van der Waals surface area contributed by atoms with Crippen LogP contribution in [0.25, 0.3) is 16.0 Å². The Bertz CT molecular complexity index is 779. The van der Waals surface area contributed by atoms with Gasteiger partial charge in [0.25, 0.3) is 0 Å². The molecular formula is C12H11N5O2S. The summed E-state index contributed by atoms with van der Waals surface area (Å²) in [4.78, 5) is 20.9. The highest BCUT2D eigenvalue weighted by atomic mass is 32.1. The summed E-state index contributed by atoms with van der Waals surface area (Å²) in [5.41, 5.74) is 6.20. The smallest absolute Gasteiger partial charge is 0.343 e. The van der Waals surface area contributed by atoms with E-state index < -0.39 is 5.97 Å². The Kier molecular flexibility index (Phi) is 3.07. The zero-order valence-corrected chi connectivity index (χ0v) is 11.4. The van der Waals surface area contributed by atoms with E-state index in [0.29, 0.717) is 5.82 Å². The van der Waals surface area contributed by atoms with E-state index in [1.165, 1.54) is 28.5 Å². The SMILES string of the molecule is CCOC(=O)c1cnn(-c2ncnc3sccc23)c1N. The number of carbonyl (C=O) groups is 1. The maximum atomic E-state index is 11.7. The van der Waals surface area contributed by atoms with Crippen LogP contribution in [0.3, 0.4) is 0 Å². The van der Waals surface area contributed by atoms with E-state index >= 15 is 0 Å². The summed E-state index contributed by atoms with van der Waals surface area (Å²) in [6, 6.07) is 1.89. The number of anilines is 1. The molecule has 0 spiro atoms. The van der Waals surface area contributed by atoms with Crippen molar-refractivity contribution in [2.75, 3.05) is 12.3 Å². The average Bonchev–Trinajstić information content (AvgIpc) is 3.05. The number of nitrogen functional groups attached to an aromatic ring is 1. The van der Waals surface area contributed by atoms with Crippen LogP contribution in [-0.2, 0) is 4.74 Å². The molecule has 0 aromatic carbocycles. The van der Waals surface area contributed by atoms with Crippen LogP contribution in [0.15, 0.2) is 24.0 Å². The fourth-order valence-corrected chi connectivity index (χ4v) is 2.57. The van der Waals surface area contributed by atoms with Crippen molar-refractivity contribution in [2.45, 2.75) is 6.92 Å². The summed E-state index contributed by atoms with van der Waals surface area (Å²) in [5, 5.41) is 6.87. The normalized spacial score (nSPS) is 10.8. The van der Waals surface area contributed by atoms with Crippen molar-refractivity contribution in [2.24, 2.45) is 0 Å². The summed E-state index contributed by atoms with van der Waals surface area (Å²) < 4.78 is 6.35. The van der Waals surface area contributed by atoms with Gasteiger partial charge < -0.3 is 10.5 Å². The Morgan fingerprint density at radius 1 is 1.50 bits per heavy atom. The lowest BCUT2D eigenvalue weighted by Gasteiger charge is -2.05. The molecule has 0 radical (unpaired) electrons. The van der Waals surface area contributed by atoms with Gasteiger partial charge in [0.1, 0.15) is 22.5 Å². The van der Waals surface area contributed by atoms with Crippen LogP contribution in [0.1, 0.15) is 17.3 Å². The Balaban J connectivity index is 2.12. The molecule has 0 aliphatic heterocycles. The number of fused-ring (bicyclic) bond motifs is 1. The second-order valence-corrected chi connectivity index (χ2v) is 4.81. The molecular weight excluding hydrogens is 278 g/mol. The number of aromatic nitrogens is 4. The Morgan fingerprint density at radius 3 is 3.15 bits per heavy atom. The van der Waals surface area contributed by atoms with Crippen molar-refractivity contribution in [3.8, 4) is 5.82 Å². The number of thiophene rings is 1. The van der Waals surface area contributed by atoms with Crippen molar-refractivity contribution >= 4 is 33.3 Å². The van der Waals surface area contributed by atoms with E-state index in [1.807, 2.05) is 11.4 Å². The molecule has 2 N–H and O–H groups in total. The van der Waals surface area contributed by atoms with Crippen LogP contribution in [0.2, 0.25) is 0 Å². The molecule has 3 rings (SSSR count). The molecule has 102 valence electrons. The first-order valence-electron chi connectivity index (χ1n) is 5.91. The maximum absolute atomic E-state index is 11.7. The molecule has 0 aliphatic rings. The quantitative estimate of drug-likeness (QED) is 0.736. The molecule has 0 saturated carbocycles. The topological polar surface area (TPSA) is 95.9 Å². The van der Waals surface area contributed by atoms with Crippen LogP contribution in [0, 0.1) is 0 Å². The molecule has 0 saturated heterocycles. The third-order valence-corrected chi connectivity index (χ3v) is 3.56. The number of nitrogens with two attached hydrogens (primary N) is 1. The average molecular weight is 289 g/mol. The number of hydrogen-bond donors (Lipinski definition) is 1. The Labute approximate surface area is 118 Å². The van der Waals surface area contributed by atoms with E-state index in [1.54, 1.807) is 6.92 Å². The van der Waals surface area contributed by atoms with Gasteiger partial charge in [0, 0.05) is 0 Å². The van der Waals surface area contributed by atoms with E-state index in [4.69, 9.17) is 10.5 Å². The first-order valence-corrected chi connectivity index (χ1v) is 6.79. The molecule has 0 unspecified atom stereocenters. The van der Waals surface area contributed by atoms with E-state index in [-0.39, 0.29) is 18.0 Å². The highest BCUT2D eigenvalue weighted by Gasteiger charge is 2.19. The van der Waals surface area contributed by atoms with Crippen molar-refractivity contribution in [3.05, 3.63) is 29.5 Å². The minimum absolute atomic E-state index is 0.203. The third kappa shape index (κ3) is 1.90. The molecule has 8 heteroatoms. The maximum Gasteiger partial charge on any atom is 0.343 e. The van der Waals surface area contributed by atoms with Gasteiger partial charge in [0.15, 0.2) is 5.82 Å². The van der Waals surface area contributed by atoms with Gasteiger partial charge in [-0.25, -0.2) is 14.8 Å². The lowest BCUT2D eigenvalue weighted by molar-refractivity contribution is 0.0527. The second kappa shape index (κ2) is 4.89. The first kappa shape index (κ1) is 12.5. The van der Waals surface area contributed by atoms with Crippen LogP contribution in [0.4, 0.5) is 5.82 Å². The molecule has 3 aromatic heterocycles. The molecule has 0 aliphatic carbocycles. The monoisotopic (exact) mass is 289 g/mol. The minimum Gasteiger partial charge on any atom is -0.462 e. The molecule has 3 aromatic rings. The summed E-state index contributed by atoms with van der Waals surface area (Å²) in [6.07, 6.45) is 2.83. The molecule has 0 bridgehead atoms. The van der Waals surface area contributed by atoms with Gasteiger partial charge in [0.05, 0.1) is 18.2 Å². The number of esters is 1. The Hall–Kier alpha value is -2.48. The van der Waals surface area contributed by atoms with E-state index in [9.17, 15) is 4.79 Å². The predicted molar refractivity (Wildman–Crippen MR) is 74.9 cm³/mol. The fourth-order valence-electron chi connectivity index (χ4n) is 1.84.